The molecule has 0 aliphatic carbocycles. The van der Waals surface area contributed by atoms with E-state index in [1.54, 1.807) is 0 Å². The average Bonchev–Trinajstić information content (AvgIpc) is 2.29. The van der Waals surface area contributed by atoms with Gasteiger partial charge in [0.1, 0.15) is 7.05 Å². The zero-order valence-electron chi connectivity index (χ0n) is 12.9. The lowest BCUT2D eigenvalue weighted by Gasteiger charge is -2.16. The van der Waals surface area contributed by atoms with Crippen molar-refractivity contribution >= 4 is 13.3 Å². The van der Waals surface area contributed by atoms with Gasteiger partial charge >= 0.3 is 0 Å². The Bertz CT molecular complexity index is 589. The van der Waals surface area contributed by atoms with Gasteiger partial charge in [0.2, 0.25) is 5.69 Å². The van der Waals surface area contributed by atoms with Crippen LogP contribution in [-0.4, -0.2) is 8.07 Å². The summed E-state index contributed by atoms with van der Waals surface area (Å²) in [6.45, 7) is 11.5. The highest BCUT2D eigenvalue weighted by Gasteiger charge is 2.22. The summed E-state index contributed by atoms with van der Waals surface area (Å²) in [6.07, 6.45) is 2.31. The minimum Gasteiger partial charge on any atom is -0.201 e. The number of hydrogen-bond donors (Lipinski definition) is 0. The molecule has 0 N–H and O–H groups in total. The van der Waals surface area contributed by atoms with E-state index >= 15 is 0 Å². The molecule has 0 fully saturated rings. The zero-order valence-corrected chi connectivity index (χ0v) is 13.9. The van der Waals surface area contributed by atoms with Gasteiger partial charge in [-0.2, -0.15) is 0 Å². The molecule has 0 atom stereocenters. The first-order valence-electron chi connectivity index (χ1n) is 6.87. The van der Waals surface area contributed by atoms with E-state index in [9.17, 15) is 0 Å². The maximum atomic E-state index is 2.39. The zero-order chi connectivity index (χ0) is 14.2. The second-order valence-corrected chi connectivity index (χ2v) is 11.5. The molecule has 0 saturated heterocycles. The summed E-state index contributed by atoms with van der Waals surface area (Å²) < 4.78 is 2.28. The van der Waals surface area contributed by atoms with Gasteiger partial charge in [-0.25, -0.2) is 4.57 Å². The van der Waals surface area contributed by atoms with E-state index in [1.807, 2.05) is 0 Å². The largest absolute Gasteiger partial charge is 0.212 e. The highest BCUT2D eigenvalue weighted by molar-refractivity contribution is 6.88. The van der Waals surface area contributed by atoms with Crippen molar-refractivity contribution in [2.75, 3.05) is 0 Å². The van der Waals surface area contributed by atoms with Gasteiger partial charge in [0.15, 0.2) is 6.20 Å². The van der Waals surface area contributed by atoms with E-state index in [0.29, 0.717) is 0 Å². The Hall–Kier alpha value is -1.41. The maximum Gasteiger partial charge on any atom is 0.212 e. The highest BCUT2D eigenvalue weighted by Crippen LogP contribution is 2.23. The molecule has 0 aliphatic rings. The van der Waals surface area contributed by atoms with Crippen molar-refractivity contribution in [3.8, 4) is 11.3 Å². The normalized spacial score (nSPS) is 11.7. The molecular weight excluding hydrogens is 246 g/mol. The first kappa shape index (κ1) is 14.0. The van der Waals surface area contributed by atoms with Crippen molar-refractivity contribution in [1.82, 2.24) is 0 Å². The number of nitrogens with zero attached hydrogens (tertiary/aromatic N) is 1. The van der Waals surface area contributed by atoms with Crippen molar-refractivity contribution in [2.24, 2.45) is 7.05 Å². The van der Waals surface area contributed by atoms with Crippen LogP contribution in [0.5, 0.6) is 0 Å². The summed E-state index contributed by atoms with van der Waals surface area (Å²) in [7, 11) is 0.921. The number of benzene rings is 1. The first-order chi connectivity index (χ1) is 8.80. The molecule has 1 heterocycles. The van der Waals surface area contributed by atoms with E-state index in [4.69, 9.17) is 0 Å². The van der Waals surface area contributed by atoms with Gasteiger partial charge in [-0.3, -0.25) is 0 Å². The third-order valence-electron chi connectivity index (χ3n) is 3.74. The molecule has 2 aromatic rings. The van der Waals surface area contributed by atoms with Gasteiger partial charge in [-0.05, 0) is 25.0 Å². The molecule has 0 saturated carbocycles. The highest BCUT2D eigenvalue weighted by atomic mass is 28.3. The molecule has 0 unspecified atom stereocenters. The van der Waals surface area contributed by atoms with E-state index in [0.717, 1.165) is 0 Å². The molecule has 0 bridgehead atoms. The van der Waals surface area contributed by atoms with E-state index in [2.05, 4.69) is 81.6 Å². The van der Waals surface area contributed by atoms with Gasteiger partial charge in [-0.15, -0.1) is 0 Å². The SMILES string of the molecule is Cc1cccc(C)c1-c1ccc([Si](C)(C)C)c[n+]1C. The van der Waals surface area contributed by atoms with Crippen LogP contribution in [0.2, 0.25) is 19.6 Å². The molecule has 0 radical (unpaired) electrons. The van der Waals surface area contributed by atoms with Crippen molar-refractivity contribution in [3.05, 3.63) is 47.7 Å². The van der Waals surface area contributed by atoms with Crippen LogP contribution in [0, 0.1) is 13.8 Å². The number of aromatic nitrogens is 1. The number of aryl methyl sites for hydroxylation is 3. The Morgan fingerprint density at radius 3 is 1.95 bits per heavy atom. The Kier molecular flexibility index (Phi) is 3.63. The smallest absolute Gasteiger partial charge is 0.201 e. The van der Waals surface area contributed by atoms with Gasteiger partial charge in [0.25, 0.3) is 0 Å². The summed E-state index contributed by atoms with van der Waals surface area (Å²) in [4.78, 5) is 0. The van der Waals surface area contributed by atoms with Crippen LogP contribution in [0.15, 0.2) is 36.5 Å². The van der Waals surface area contributed by atoms with Crippen LogP contribution in [0.25, 0.3) is 11.3 Å². The molecule has 2 rings (SSSR count). The third-order valence-corrected chi connectivity index (χ3v) is 5.76. The maximum absolute atomic E-state index is 2.39. The molecule has 100 valence electrons. The molecule has 1 nitrogen and oxygen atoms in total. The molecule has 0 spiro atoms. The number of rotatable bonds is 2. The average molecular weight is 270 g/mol. The van der Waals surface area contributed by atoms with Crippen molar-refractivity contribution in [1.29, 1.82) is 0 Å². The Morgan fingerprint density at radius 2 is 1.47 bits per heavy atom. The lowest BCUT2D eigenvalue weighted by molar-refractivity contribution is -0.659. The molecule has 2 heteroatoms. The predicted molar refractivity (Wildman–Crippen MR) is 85.5 cm³/mol. The van der Waals surface area contributed by atoms with E-state index in [1.165, 1.54) is 27.6 Å². The second kappa shape index (κ2) is 4.93. The Morgan fingerprint density at radius 1 is 0.895 bits per heavy atom. The van der Waals surface area contributed by atoms with Gasteiger partial charge < -0.3 is 0 Å². The second-order valence-electron chi connectivity index (χ2n) is 6.43. The van der Waals surface area contributed by atoms with Crippen molar-refractivity contribution in [3.63, 3.8) is 0 Å². The van der Waals surface area contributed by atoms with Crippen LogP contribution in [0.1, 0.15) is 11.1 Å². The summed E-state index contributed by atoms with van der Waals surface area (Å²) in [5.41, 5.74) is 5.36. The minimum absolute atomic E-state index is 1.24. The van der Waals surface area contributed by atoms with Crippen LogP contribution in [0.3, 0.4) is 0 Å². The lowest BCUT2D eigenvalue weighted by Crippen LogP contribution is -2.45. The van der Waals surface area contributed by atoms with Gasteiger partial charge in [0, 0.05) is 11.3 Å². The van der Waals surface area contributed by atoms with Crippen LogP contribution >= 0.6 is 0 Å². The quantitative estimate of drug-likeness (QED) is 0.582. The number of hydrogen-bond acceptors (Lipinski definition) is 0. The van der Waals surface area contributed by atoms with E-state index in [-0.39, 0.29) is 0 Å². The van der Waals surface area contributed by atoms with Crippen LogP contribution in [0.4, 0.5) is 0 Å². The lowest BCUT2D eigenvalue weighted by atomic mass is 9.99. The van der Waals surface area contributed by atoms with Crippen LogP contribution < -0.4 is 9.75 Å². The van der Waals surface area contributed by atoms with Crippen molar-refractivity contribution in [2.45, 2.75) is 33.5 Å². The molecular formula is C17H24NSi+. The molecule has 0 aliphatic heterocycles. The van der Waals surface area contributed by atoms with Crippen LogP contribution in [-0.2, 0) is 7.05 Å². The molecule has 1 aromatic carbocycles. The first-order valence-corrected chi connectivity index (χ1v) is 10.4. The fourth-order valence-corrected chi connectivity index (χ4v) is 3.69. The van der Waals surface area contributed by atoms with Gasteiger partial charge in [-0.1, -0.05) is 43.9 Å². The fraction of sp³-hybridized carbons (Fsp3) is 0.353. The standard InChI is InChI=1S/C17H24NSi/c1-13-8-7-9-14(2)17(13)16-11-10-15(12-18(16)3)19(4,5)6/h7-12H,1-6H3/q+1. The fourth-order valence-electron chi connectivity index (χ4n) is 2.53. The third kappa shape index (κ3) is 2.79. The summed E-state index contributed by atoms with van der Waals surface area (Å²) in [6, 6.07) is 11.1. The monoisotopic (exact) mass is 270 g/mol. The summed E-state index contributed by atoms with van der Waals surface area (Å²) in [5.74, 6) is 0. The van der Waals surface area contributed by atoms with Crippen molar-refractivity contribution < 1.29 is 4.57 Å². The Balaban J connectivity index is 2.59. The molecule has 0 amide bonds. The minimum atomic E-state index is -1.24. The Labute approximate surface area is 117 Å². The number of pyridine rings is 1. The topological polar surface area (TPSA) is 3.88 Å². The van der Waals surface area contributed by atoms with Gasteiger partial charge in [0.05, 0.1) is 13.6 Å². The summed E-state index contributed by atoms with van der Waals surface area (Å²) in [5, 5.41) is 1.50. The molecule has 19 heavy (non-hydrogen) atoms. The molecule has 1 aromatic heterocycles. The van der Waals surface area contributed by atoms with E-state index < -0.39 is 8.07 Å². The summed E-state index contributed by atoms with van der Waals surface area (Å²) >= 11 is 0. The predicted octanol–water partition coefficient (Wildman–Crippen LogP) is 3.34.